The molecule has 2 aromatic carbocycles. The number of hydrogen-bond acceptors (Lipinski definition) is 3. The molecule has 0 aromatic heterocycles. The van der Waals surface area contributed by atoms with Gasteiger partial charge in [-0.1, -0.05) is 36.7 Å². The molecule has 0 radical (unpaired) electrons. The second-order valence-corrected chi connectivity index (χ2v) is 6.09. The summed E-state index contributed by atoms with van der Waals surface area (Å²) in [4.78, 5) is 0. The number of nitrogens with one attached hydrogen (secondary N) is 1. The van der Waals surface area contributed by atoms with Gasteiger partial charge in [-0.2, -0.15) is 0 Å². The first-order chi connectivity index (χ1) is 11.5. The van der Waals surface area contributed by atoms with E-state index < -0.39 is 0 Å². The Morgan fingerprint density at radius 2 is 2.00 bits per heavy atom. The van der Waals surface area contributed by atoms with E-state index in [1.165, 1.54) is 6.07 Å². The van der Waals surface area contributed by atoms with Crippen molar-refractivity contribution in [2.45, 2.75) is 39.5 Å². The minimum absolute atomic E-state index is 0.0905. The second kappa shape index (κ2) is 8.90. The van der Waals surface area contributed by atoms with Gasteiger partial charge >= 0.3 is 0 Å². The van der Waals surface area contributed by atoms with Gasteiger partial charge in [0, 0.05) is 18.2 Å². The Morgan fingerprint density at radius 1 is 1.25 bits per heavy atom. The Balaban J connectivity index is 2.13. The molecular formula is C19H23ClFNO2. The quantitative estimate of drug-likeness (QED) is 0.729. The summed E-state index contributed by atoms with van der Waals surface area (Å²) in [5.74, 6) is 0.663. The van der Waals surface area contributed by atoms with Gasteiger partial charge < -0.3 is 14.8 Å². The molecule has 0 saturated heterocycles. The van der Waals surface area contributed by atoms with Crippen molar-refractivity contribution in [1.82, 2.24) is 5.32 Å². The zero-order valence-corrected chi connectivity index (χ0v) is 15.0. The van der Waals surface area contributed by atoms with Crippen molar-refractivity contribution in [2.24, 2.45) is 0 Å². The predicted molar refractivity (Wildman–Crippen MR) is 95.3 cm³/mol. The fourth-order valence-corrected chi connectivity index (χ4v) is 2.50. The molecule has 0 amide bonds. The standard InChI is InChI=1S/C19H23ClFNO2/c1-4-13(2)22-11-14-9-16(20)19(18(10-14)23-3)24-12-15-7-5-6-8-17(15)21/h5-10,13,22H,4,11-12H2,1-3H3/t13-/m0/s1. The molecule has 5 heteroatoms. The SMILES string of the molecule is CC[C@H](C)NCc1cc(Cl)c(OCc2ccccc2F)c(OC)c1. The van der Waals surface area contributed by atoms with Gasteiger partial charge in [-0.05, 0) is 37.1 Å². The van der Waals surface area contributed by atoms with Crippen LogP contribution in [0.5, 0.6) is 11.5 Å². The van der Waals surface area contributed by atoms with Crippen molar-refractivity contribution < 1.29 is 13.9 Å². The molecule has 0 heterocycles. The van der Waals surface area contributed by atoms with E-state index in [0.717, 1.165) is 12.0 Å². The highest BCUT2D eigenvalue weighted by molar-refractivity contribution is 6.32. The Hall–Kier alpha value is -1.78. The summed E-state index contributed by atoms with van der Waals surface area (Å²) in [5, 5.41) is 3.86. The number of hydrogen-bond donors (Lipinski definition) is 1. The normalized spacial score (nSPS) is 12.0. The molecule has 0 fully saturated rings. The molecule has 0 unspecified atom stereocenters. The number of ether oxygens (including phenoxy) is 2. The van der Waals surface area contributed by atoms with Crippen LogP contribution in [0.25, 0.3) is 0 Å². The van der Waals surface area contributed by atoms with Crippen molar-refractivity contribution in [3.63, 3.8) is 0 Å². The third-order valence-corrected chi connectivity index (χ3v) is 4.17. The molecule has 0 spiro atoms. The summed E-state index contributed by atoms with van der Waals surface area (Å²) in [6, 6.07) is 10.7. The van der Waals surface area contributed by atoms with Crippen molar-refractivity contribution in [3.05, 3.63) is 58.4 Å². The molecule has 0 aliphatic rings. The highest BCUT2D eigenvalue weighted by Crippen LogP contribution is 2.37. The van der Waals surface area contributed by atoms with Gasteiger partial charge in [0.15, 0.2) is 11.5 Å². The van der Waals surface area contributed by atoms with E-state index in [9.17, 15) is 4.39 Å². The van der Waals surface area contributed by atoms with Gasteiger partial charge in [0.2, 0.25) is 0 Å². The first-order valence-corrected chi connectivity index (χ1v) is 8.39. The molecule has 2 aromatic rings. The second-order valence-electron chi connectivity index (χ2n) is 5.68. The molecular weight excluding hydrogens is 329 g/mol. The van der Waals surface area contributed by atoms with E-state index in [1.807, 2.05) is 12.1 Å². The van der Waals surface area contributed by atoms with Gasteiger partial charge in [-0.15, -0.1) is 0 Å². The fourth-order valence-electron chi connectivity index (χ4n) is 2.22. The molecule has 2 rings (SSSR count). The predicted octanol–water partition coefficient (Wildman–Crippen LogP) is 4.95. The Morgan fingerprint density at radius 3 is 2.67 bits per heavy atom. The van der Waals surface area contributed by atoms with E-state index >= 15 is 0 Å². The third-order valence-electron chi connectivity index (χ3n) is 3.89. The van der Waals surface area contributed by atoms with Crippen LogP contribution in [-0.4, -0.2) is 13.2 Å². The molecule has 3 nitrogen and oxygen atoms in total. The summed E-state index contributed by atoms with van der Waals surface area (Å²) in [6.45, 7) is 5.04. The lowest BCUT2D eigenvalue weighted by molar-refractivity contribution is 0.279. The summed E-state index contributed by atoms with van der Waals surface area (Å²) in [5.41, 5.74) is 1.48. The highest BCUT2D eigenvalue weighted by Gasteiger charge is 2.13. The third kappa shape index (κ3) is 4.86. The van der Waals surface area contributed by atoms with Gasteiger partial charge in [-0.25, -0.2) is 4.39 Å². The van der Waals surface area contributed by atoms with Gasteiger partial charge in [0.05, 0.1) is 12.1 Å². The summed E-state index contributed by atoms with van der Waals surface area (Å²) < 4.78 is 24.8. The molecule has 0 aliphatic heterocycles. The molecule has 0 saturated carbocycles. The van der Waals surface area contributed by atoms with Crippen LogP contribution in [0.2, 0.25) is 5.02 Å². The molecule has 130 valence electrons. The van der Waals surface area contributed by atoms with Crippen LogP contribution in [0, 0.1) is 5.82 Å². The number of rotatable bonds is 8. The van der Waals surface area contributed by atoms with Crippen LogP contribution >= 0.6 is 11.6 Å². The Kier molecular flexibility index (Phi) is 6.88. The van der Waals surface area contributed by atoms with Gasteiger partial charge in [-0.3, -0.25) is 0 Å². The monoisotopic (exact) mass is 351 g/mol. The van der Waals surface area contributed by atoms with Crippen molar-refractivity contribution in [3.8, 4) is 11.5 Å². The molecule has 0 bridgehead atoms. The molecule has 1 atom stereocenters. The van der Waals surface area contributed by atoms with E-state index in [-0.39, 0.29) is 12.4 Å². The maximum Gasteiger partial charge on any atom is 0.180 e. The summed E-state index contributed by atoms with van der Waals surface area (Å²) >= 11 is 6.34. The van der Waals surface area contributed by atoms with Crippen LogP contribution in [0.3, 0.4) is 0 Å². The topological polar surface area (TPSA) is 30.5 Å². The first kappa shape index (κ1) is 18.6. The van der Waals surface area contributed by atoms with Crippen LogP contribution in [0.1, 0.15) is 31.4 Å². The van der Waals surface area contributed by atoms with Crippen LogP contribution in [-0.2, 0) is 13.2 Å². The Bertz CT molecular complexity index is 678. The smallest absolute Gasteiger partial charge is 0.180 e. The lowest BCUT2D eigenvalue weighted by Gasteiger charge is -2.16. The maximum atomic E-state index is 13.7. The molecule has 0 aliphatic carbocycles. The first-order valence-electron chi connectivity index (χ1n) is 8.01. The van der Waals surface area contributed by atoms with Crippen molar-refractivity contribution in [1.29, 1.82) is 0 Å². The van der Waals surface area contributed by atoms with Crippen molar-refractivity contribution >= 4 is 11.6 Å². The number of benzene rings is 2. The van der Waals surface area contributed by atoms with Crippen LogP contribution < -0.4 is 14.8 Å². The van der Waals surface area contributed by atoms with Crippen LogP contribution in [0.15, 0.2) is 36.4 Å². The fraction of sp³-hybridized carbons (Fsp3) is 0.368. The van der Waals surface area contributed by atoms with Gasteiger partial charge in [0.1, 0.15) is 12.4 Å². The van der Waals surface area contributed by atoms with Crippen LogP contribution in [0.4, 0.5) is 4.39 Å². The number of methoxy groups -OCH3 is 1. The van der Waals surface area contributed by atoms with E-state index in [2.05, 4.69) is 19.2 Å². The minimum atomic E-state index is -0.304. The molecule has 1 N–H and O–H groups in total. The Labute approximate surface area is 147 Å². The zero-order valence-electron chi connectivity index (χ0n) is 14.2. The highest BCUT2D eigenvalue weighted by atomic mass is 35.5. The molecule has 24 heavy (non-hydrogen) atoms. The average molecular weight is 352 g/mol. The van der Waals surface area contributed by atoms with Gasteiger partial charge in [0.25, 0.3) is 0 Å². The van der Waals surface area contributed by atoms with E-state index in [4.69, 9.17) is 21.1 Å². The largest absolute Gasteiger partial charge is 0.493 e. The lowest BCUT2D eigenvalue weighted by atomic mass is 10.1. The maximum absolute atomic E-state index is 13.7. The van der Waals surface area contributed by atoms with E-state index in [1.54, 1.807) is 25.3 Å². The number of halogens is 2. The summed E-state index contributed by atoms with van der Waals surface area (Å²) in [6.07, 6.45) is 1.05. The zero-order chi connectivity index (χ0) is 17.5. The summed E-state index contributed by atoms with van der Waals surface area (Å²) in [7, 11) is 1.56. The van der Waals surface area contributed by atoms with Crippen molar-refractivity contribution in [2.75, 3.05) is 7.11 Å². The minimum Gasteiger partial charge on any atom is -0.493 e. The van der Waals surface area contributed by atoms with E-state index in [0.29, 0.717) is 34.7 Å². The average Bonchev–Trinajstić information content (AvgIpc) is 2.59. The lowest BCUT2D eigenvalue weighted by Crippen LogP contribution is -2.24.